The maximum atomic E-state index is 12.9. The molecular formula is C25H21N3O4S. The van der Waals surface area contributed by atoms with Crippen LogP contribution < -0.4 is 20.3 Å². The predicted molar refractivity (Wildman–Crippen MR) is 127 cm³/mol. The molecule has 0 aliphatic carbocycles. The molecule has 3 aromatic carbocycles. The number of aryl methyl sites for hydroxylation is 1. The Hall–Kier alpha value is -3.78. The maximum Gasteiger partial charge on any atom is 0.261 e. The number of para-hydroxylation sites is 1. The topological polar surface area (TPSA) is 82.5 Å². The van der Waals surface area contributed by atoms with Crippen molar-refractivity contribution < 1.29 is 14.3 Å². The number of hydrogen-bond donors (Lipinski definition) is 1. The lowest BCUT2D eigenvalue weighted by atomic mass is 10.1. The molecule has 1 amide bonds. The number of nitrogens with one attached hydrogen (secondary N) is 1. The van der Waals surface area contributed by atoms with E-state index in [4.69, 9.17) is 9.47 Å². The lowest BCUT2D eigenvalue weighted by molar-refractivity contribution is -0.116. The van der Waals surface area contributed by atoms with Crippen LogP contribution in [-0.4, -0.2) is 28.7 Å². The van der Waals surface area contributed by atoms with Crippen LogP contribution in [0.2, 0.25) is 0 Å². The summed E-state index contributed by atoms with van der Waals surface area (Å²) in [4.78, 5) is 32.0. The van der Waals surface area contributed by atoms with E-state index < -0.39 is 0 Å². The number of benzene rings is 3. The quantitative estimate of drug-likeness (QED) is 0.480. The van der Waals surface area contributed by atoms with Crippen molar-refractivity contribution in [2.24, 2.45) is 0 Å². The number of aromatic nitrogens is 2. The maximum absolute atomic E-state index is 12.9. The minimum atomic E-state index is -0.336. The third-order valence-corrected chi connectivity index (χ3v) is 6.32. The molecule has 1 aliphatic rings. The first-order valence-electron chi connectivity index (χ1n) is 10.5. The average molecular weight is 460 g/mol. The fraction of sp³-hybridized carbons (Fsp3) is 0.160. The first-order chi connectivity index (χ1) is 16.1. The molecule has 1 aliphatic heterocycles. The van der Waals surface area contributed by atoms with E-state index in [0.717, 1.165) is 15.4 Å². The van der Waals surface area contributed by atoms with Crippen molar-refractivity contribution in [1.82, 2.24) is 9.55 Å². The molecule has 0 saturated heterocycles. The fourth-order valence-corrected chi connectivity index (χ4v) is 4.60. The number of hydrogen-bond acceptors (Lipinski definition) is 6. The molecular weight excluding hydrogens is 438 g/mol. The molecule has 1 N–H and O–H groups in total. The highest BCUT2D eigenvalue weighted by Gasteiger charge is 2.19. The predicted octanol–water partition coefficient (Wildman–Crippen LogP) is 4.27. The second kappa shape index (κ2) is 8.99. The van der Waals surface area contributed by atoms with E-state index in [-0.39, 0.29) is 18.0 Å². The van der Waals surface area contributed by atoms with Crippen LogP contribution in [0.25, 0.3) is 10.9 Å². The summed E-state index contributed by atoms with van der Waals surface area (Å²) in [5.41, 5.74) is 1.91. The Balaban J connectivity index is 1.43. The summed E-state index contributed by atoms with van der Waals surface area (Å²) >= 11 is 1.51. The van der Waals surface area contributed by atoms with E-state index in [1.807, 2.05) is 55.5 Å². The second-order valence-corrected chi connectivity index (χ2v) is 8.72. The summed E-state index contributed by atoms with van der Waals surface area (Å²) < 4.78 is 12.7. The van der Waals surface area contributed by atoms with Crippen molar-refractivity contribution in [2.75, 3.05) is 18.5 Å². The number of carbonyl (C=O) groups excluding carboxylic acids is 1. The first-order valence-corrected chi connectivity index (χ1v) is 11.3. The van der Waals surface area contributed by atoms with Crippen molar-refractivity contribution in [3.05, 3.63) is 82.9 Å². The van der Waals surface area contributed by atoms with Crippen LogP contribution in [0.4, 0.5) is 5.69 Å². The third kappa shape index (κ3) is 4.42. The van der Waals surface area contributed by atoms with Gasteiger partial charge in [-0.25, -0.2) is 4.98 Å². The SMILES string of the molecule is Cc1cccc2c(=O)n(CC(=O)Nc3cc4c(cc3Sc3ccccc3)OCCO4)cnc12. The van der Waals surface area contributed by atoms with E-state index in [2.05, 4.69) is 10.3 Å². The Morgan fingerprint density at radius 2 is 1.82 bits per heavy atom. The van der Waals surface area contributed by atoms with E-state index in [0.29, 0.717) is 41.3 Å². The Kier molecular flexibility index (Phi) is 5.75. The molecule has 2 heterocycles. The highest BCUT2D eigenvalue weighted by atomic mass is 32.2. The number of fused-ring (bicyclic) bond motifs is 2. The minimum absolute atomic E-state index is 0.153. The van der Waals surface area contributed by atoms with Crippen molar-refractivity contribution in [1.29, 1.82) is 0 Å². The Labute approximate surface area is 194 Å². The second-order valence-electron chi connectivity index (χ2n) is 7.60. The van der Waals surface area contributed by atoms with Crippen molar-refractivity contribution in [2.45, 2.75) is 23.3 Å². The third-order valence-electron chi connectivity index (χ3n) is 5.26. The average Bonchev–Trinajstić information content (AvgIpc) is 2.82. The van der Waals surface area contributed by atoms with Crippen LogP contribution in [0, 0.1) is 6.92 Å². The molecule has 5 rings (SSSR count). The van der Waals surface area contributed by atoms with Gasteiger partial charge in [0.15, 0.2) is 11.5 Å². The lowest BCUT2D eigenvalue weighted by Gasteiger charge is -2.21. The normalized spacial score (nSPS) is 12.5. The van der Waals surface area contributed by atoms with Gasteiger partial charge < -0.3 is 14.8 Å². The minimum Gasteiger partial charge on any atom is -0.486 e. The molecule has 166 valence electrons. The van der Waals surface area contributed by atoms with E-state index in [1.54, 1.807) is 12.1 Å². The summed E-state index contributed by atoms with van der Waals surface area (Å²) in [7, 11) is 0. The van der Waals surface area contributed by atoms with Gasteiger partial charge in [-0.3, -0.25) is 14.2 Å². The highest BCUT2D eigenvalue weighted by molar-refractivity contribution is 7.99. The van der Waals surface area contributed by atoms with E-state index in [1.165, 1.54) is 22.7 Å². The van der Waals surface area contributed by atoms with Crippen LogP contribution in [0.5, 0.6) is 11.5 Å². The van der Waals surface area contributed by atoms with Gasteiger partial charge in [-0.15, -0.1) is 0 Å². The van der Waals surface area contributed by atoms with Gasteiger partial charge >= 0.3 is 0 Å². The summed E-state index contributed by atoms with van der Waals surface area (Å²) in [6, 6.07) is 18.9. The number of rotatable bonds is 5. The molecule has 33 heavy (non-hydrogen) atoms. The monoisotopic (exact) mass is 459 g/mol. The molecule has 1 aromatic heterocycles. The van der Waals surface area contributed by atoms with Gasteiger partial charge in [-0.1, -0.05) is 42.1 Å². The standard InChI is InChI=1S/C25H21N3O4S/c1-16-6-5-9-18-24(16)26-15-28(25(18)30)14-23(29)27-19-12-20-21(32-11-10-31-20)13-22(19)33-17-7-3-2-4-8-17/h2-9,12-13,15H,10-11,14H2,1H3,(H,27,29). The Bertz CT molecular complexity index is 1400. The molecule has 0 spiro atoms. The summed E-state index contributed by atoms with van der Waals surface area (Å²) in [6.07, 6.45) is 1.42. The number of anilines is 1. The zero-order valence-electron chi connectivity index (χ0n) is 17.9. The van der Waals surface area contributed by atoms with Crippen LogP contribution in [-0.2, 0) is 11.3 Å². The molecule has 0 saturated carbocycles. The van der Waals surface area contributed by atoms with Crippen LogP contribution >= 0.6 is 11.8 Å². The molecule has 4 aromatic rings. The van der Waals surface area contributed by atoms with Gasteiger partial charge in [-0.05, 0) is 30.7 Å². The molecule has 0 fully saturated rings. The fourth-order valence-electron chi connectivity index (χ4n) is 3.66. The van der Waals surface area contributed by atoms with Gasteiger partial charge in [-0.2, -0.15) is 0 Å². The van der Waals surface area contributed by atoms with E-state index in [9.17, 15) is 9.59 Å². The Morgan fingerprint density at radius 1 is 1.06 bits per heavy atom. The van der Waals surface area contributed by atoms with E-state index >= 15 is 0 Å². The molecule has 0 radical (unpaired) electrons. The van der Waals surface area contributed by atoms with Gasteiger partial charge in [0.2, 0.25) is 5.91 Å². The number of ether oxygens (including phenoxy) is 2. The van der Waals surface area contributed by atoms with Crippen molar-refractivity contribution >= 4 is 34.3 Å². The molecule has 0 atom stereocenters. The zero-order chi connectivity index (χ0) is 22.8. The Morgan fingerprint density at radius 3 is 2.61 bits per heavy atom. The van der Waals surface area contributed by atoms with Gasteiger partial charge in [0.1, 0.15) is 19.8 Å². The molecule has 8 heteroatoms. The van der Waals surface area contributed by atoms with Crippen LogP contribution in [0.15, 0.2) is 81.6 Å². The summed E-state index contributed by atoms with van der Waals surface area (Å²) in [5, 5.41) is 3.42. The van der Waals surface area contributed by atoms with Crippen LogP contribution in [0.1, 0.15) is 5.56 Å². The van der Waals surface area contributed by atoms with Gasteiger partial charge in [0.25, 0.3) is 5.56 Å². The van der Waals surface area contributed by atoms with Gasteiger partial charge in [0.05, 0.1) is 22.9 Å². The largest absolute Gasteiger partial charge is 0.486 e. The van der Waals surface area contributed by atoms with Gasteiger partial charge in [0, 0.05) is 21.9 Å². The molecule has 7 nitrogen and oxygen atoms in total. The number of nitrogens with zero attached hydrogens (tertiary/aromatic N) is 2. The van der Waals surface area contributed by atoms with Crippen molar-refractivity contribution in [3.63, 3.8) is 0 Å². The zero-order valence-corrected chi connectivity index (χ0v) is 18.7. The summed E-state index contributed by atoms with van der Waals surface area (Å²) in [5.74, 6) is 0.884. The highest BCUT2D eigenvalue weighted by Crippen LogP contribution is 2.42. The smallest absolute Gasteiger partial charge is 0.261 e. The molecule has 0 bridgehead atoms. The van der Waals surface area contributed by atoms with Crippen molar-refractivity contribution in [3.8, 4) is 11.5 Å². The number of amides is 1. The van der Waals surface area contributed by atoms with Crippen LogP contribution in [0.3, 0.4) is 0 Å². The number of carbonyl (C=O) groups is 1. The first kappa shape index (κ1) is 21.1. The summed E-state index contributed by atoms with van der Waals surface area (Å²) in [6.45, 7) is 2.67. The molecule has 0 unspecified atom stereocenters. The lowest BCUT2D eigenvalue weighted by Crippen LogP contribution is -2.28.